The number of hydrogen-bond acceptors (Lipinski definition) is 1. The standard InChI is InChI=1S/C19H39FO/c1-6-8-10-12-14-19(5,15-13-11-9-7-2)16-17(20)18(3,4)21/h17,21H,6-16H2,1-5H3. The van der Waals surface area contributed by atoms with Gasteiger partial charge in [-0.3, -0.25) is 0 Å². The summed E-state index contributed by atoms with van der Waals surface area (Å²) in [5, 5.41) is 9.89. The third kappa shape index (κ3) is 10.3. The molecular formula is C19H39FO. The second kappa shape index (κ2) is 10.6. The van der Waals surface area contributed by atoms with Crippen LogP contribution in [0.1, 0.15) is 105 Å². The van der Waals surface area contributed by atoms with E-state index in [0.717, 1.165) is 12.8 Å². The monoisotopic (exact) mass is 302 g/mol. The van der Waals surface area contributed by atoms with Crippen LogP contribution in [-0.4, -0.2) is 16.9 Å². The van der Waals surface area contributed by atoms with Crippen LogP contribution < -0.4 is 0 Å². The van der Waals surface area contributed by atoms with Crippen molar-refractivity contribution in [3.05, 3.63) is 0 Å². The minimum absolute atomic E-state index is 0.0426. The van der Waals surface area contributed by atoms with Gasteiger partial charge in [0.2, 0.25) is 0 Å². The van der Waals surface area contributed by atoms with Crippen LogP contribution in [0.3, 0.4) is 0 Å². The summed E-state index contributed by atoms with van der Waals surface area (Å²) in [6.07, 6.45) is 11.5. The normalized spacial score (nSPS) is 14.4. The van der Waals surface area contributed by atoms with E-state index in [1.807, 2.05) is 0 Å². The van der Waals surface area contributed by atoms with Gasteiger partial charge < -0.3 is 5.11 Å². The Labute approximate surface area is 132 Å². The molecule has 2 heteroatoms. The van der Waals surface area contributed by atoms with Crippen LogP contribution >= 0.6 is 0 Å². The number of unbranched alkanes of at least 4 members (excludes halogenated alkanes) is 6. The molecule has 1 nitrogen and oxygen atoms in total. The summed E-state index contributed by atoms with van der Waals surface area (Å²) < 4.78 is 14.3. The lowest BCUT2D eigenvalue weighted by atomic mass is 9.74. The van der Waals surface area contributed by atoms with Gasteiger partial charge >= 0.3 is 0 Å². The van der Waals surface area contributed by atoms with Crippen LogP contribution in [0.15, 0.2) is 0 Å². The lowest BCUT2D eigenvalue weighted by Crippen LogP contribution is -2.37. The van der Waals surface area contributed by atoms with Gasteiger partial charge in [-0.1, -0.05) is 72.1 Å². The molecule has 21 heavy (non-hydrogen) atoms. The maximum absolute atomic E-state index is 14.3. The molecule has 0 saturated heterocycles. The highest BCUT2D eigenvalue weighted by molar-refractivity contribution is 4.85. The SMILES string of the molecule is CCCCCCC(C)(CCCCCC)CC(F)C(C)(C)O. The van der Waals surface area contributed by atoms with Gasteiger partial charge in [0.25, 0.3) is 0 Å². The fraction of sp³-hybridized carbons (Fsp3) is 1.00. The first-order valence-corrected chi connectivity index (χ1v) is 9.11. The van der Waals surface area contributed by atoms with Gasteiger partial charge in [-0.25, -0.2) is 4.39 Å². The van der Waals surface area contributed by atoms with Crippen molar-refractivity contribution in [1.29, 1.82) is 0 Å². The van der Waals surface area contributed by atoms with Crippen molar-refractivity contribution in [3.63, 3.8) is 0 Å². The molecule has 0 bridgehead atoms. The van der Waals surface area contributed by atoms with E-state index >= 15 is 0 Å². The van der Waals surface area contributed by atoms with E-state index in [2.05, 4.69) is 20.8 Å². The van der Waals surface area contributed by atoms with Crippen molar-refractivity contribution in [3.8, 4) is 0 Å². The van der Waals surface area contributed by atoms with E-state index in [0.29, 0.717) is 6.42 Å². The quantitative estimate of drug-likeness (QED) is 0.388. The number of alkyl halides is 1. The Hall–Kier alpha value is -0.110. The molecule has 0 aromatic carbocycles. The largest absolute Gasteiger partial charge is 0.387 e. The molecule has 0 heterocycles. The van der Waals surface area contributed by atoms with Crippen molar-refractivity contribution in [2.75, 3.05) is 0 Å². The van der Waals surface area contributed by atoms with Crippen LogP contribution in [0.5, 0.6) is 0 Å². The number of halogens is 1. The Morgan fingerprint density at radius 2 is 1.24 bits per heavy atom. The predicted molar refractivity (Wildman–Crippen MR) is 91.4 cm³/mol. The van der Waals surface area contributed by atoms with E-state index in [1.54, 1.807) is 13.8 Å². The van der Waals surface area contributed by atoms with Crippen LogP contribution in [-0.2, 0) is 0 Å². The van der Waals surface area contributed by atoms with Crippen molar-refractivity contribution in [2.45, 2.75) is 117 Å². The minimum Gasteiger partial charge on any atom is -0.387 e. The first-order valence-electron chi connectivity index (χ1n) is 9.11. The van der Waals surface area contributed by atoms with Crippen molar-refractivity contribution in [2.24, 2.45) is 5.41 Å². The van der Waals surface area contributed by atoms with E-state index in [1.165, 1.54) is 51.4 Å². The van der Waals surface area contributed by atoms with Crippen LogP contribution in [0, 0.1) is 5.41 Å². The summed E-state index contributed by atoms with van der Waals surface area (Å²) >= 11 is 0. The summed E-state index contributed by atoms with van der Waals surface area (Å²) in [6, 6.07) is 0. The second-order valence-electron chi connectivity index (χ2n) is 7.76. The molecule has 1 N–H and O–H groups in total. The third-order valence-electron chi connectivity index (χ3n) is 4.71. The molecule has 1 atom stereocenters. The van der Waals surface area contributed by atoms with Crippen LogP contribution in [0.25, 0.3) is 0 Å². The van der Waals surface area contributed by atoms with E-state index in [-0.39, 0.29) is 5.41 Å². The van der Waals surface area contributed by atoms with Gasteiger partial charge in [0.1, 0.15) is 6.17 Å². The fourth-order valence-electron chi connectivity index (χ4n) is 2.97. The molecule has 0 aromatic rings. The van der Waals surface area contributed by atoms with E-state index < -0.39 is 11.8 Å². The van der Waals surface area contributed by atoms with Crippen LogP contribution in [0.2, 0.25) is 0 Å². The first kappa shape index (κ1) is 20.9. The molecule has 0 aromatic heterocycles. The lowest BCUT2D eigenvalue weighted by Gasteiger charge is -2.35. The molecular weight excluding hydrogens is 263 g/mol. The van der Waals surface area contributed by atoms with Gasteiger partial charge in [-0.05, 0) is 38.5 Å². The third-order valence-corrected chi connectivity index (χ3v) is 4.71. The molecule has 0 amide bonds. The molecule has 0 fully saturated rings. The van der Waals surface area contributed by atoms with Crippen LogP contribution in [0.4, 0.5) is 4.39 Å². The highest BCUT2D eigenvalue weighted by Crippen LogP contribution is 2.38. The topological polar surface area (TPSA) is 20.2 Å². The Morgan fingerprint density at radius 1 is 0.810 bits per heavy atom. The molecule has 0 aliphatic carbocycles. The molecule has 0 aliphatic heterocycles. The molecule has 128 valence electrons. The van der Waals surface area contributed by atoms with Gasteiger partial charge in [0, 0.05) is 0 Å². The molecule has 0 aliphatic rings. The maximum atomic E-state index is 14.3. The zero-order valence-corrected chi connectivity index (χ0v) is 15.2. The maximum Gasteiger partial charge on any atom is 0.129 e. The number of hydrogen-bond donors (Lipinski definition) is 1. The Morgan fingerprint density at radius 3 is 1.57 bits per heavy atom. The molecule has 0 spiro atoms. The Kier molecular flexibility index (Phi) is 10.5. The highest BCUT2D eigenvalue weighted by Gasteiger charge is 2.34. The minimum atomic E-state index is -1.21. The van der Waals surface area contributed by atoms with Gasteiger partial charge in [-0.15, -0.1) is 0 Å². The molecule has 0 saturated carbocycles. The predicted octanol–water partition coefficient (Wildman–Crippen LogP) is 6.43. The molecule has 0 rings (SSSR count). The summed E-state index contributed by atoms with van der Waals surface area (Å²) in [5.74, 6) is 0. The van der Waals surface area contributed by atoms with Gasteiger partial charge in [0.05, 0.1) is 5.60 Å². The first-order chi connectivity index (χ1) is 9.75. The number of aliphatic hydroxyl groups is 1. The van der Waals surface area contributed by atoms with Gasteiger partial charge in [0.15, 0.2) is 0 Å². The lowest BCUT2D eigenvalue weighted by molar-refractivity contribution is -0.0271. The van der Waals surface area contributed by atoms with Crippen molar-refractivity contribution >= 4 is 0 Å². The smallest absolute Gasteiger partial charge is 0.129 e. The summed E-state index contributed by atoms with van der Waals surface area (Å²) in [4.78, 5) is 0. The fourth-order valence-corrected chi connectivity index (χ4v) is 2.97. The summed E-state index contributed by atoms with van der Waals surface area (Å²) in [6.45, 7) is 9.84. The zero-order valence-electron chi connectivity index (χ0n) is 15.2. The Bertz CT molecular complexity index is 232. The molecule has 0 radical (unpaired) electrons. The zero-order chi connectivity index (χ0) is 16.4. The average Bonchev–Trinajstić information content (AvgIpc) is 2.39. The Balaban J connectivity index is 4.43. The van der Waals surface area contributed by atoms with E-state index in [9.17, 15) is 9.50 Å². The van der Waals surface area contributed by atoms with E-state index in [4.69, 9.17) is 0 Å². The summed E-state index contributed by atoms with van der Waals surface area (Å²) in [5.41, 5.74) is -1.17. The number of rotatable bonds is 13. The van der Waals surface area contributed by atoms with Crippen molar-refractivity contribution in [1.82, 2.24) is 0 Å². The summed E-state index contributed by atoms with van der Waals surface area (Å²) in [7, 11) is 0. The van der Waals surface area contributed by atoms with Gasteiger partial charge in [-0.2, -0.15) is 0 Å². The average molecular weight is 303 g/mol. The van der Waals surface area contributed by atoms with Crippen molar-refractivity contribution < 1.29 is 9.50 Å². The molecule has 1 unspecified atom stereocenters. The second-order valence-corrected chi connectivity index (χ2v) is 7.76. The highest BCUT2D eigenvalue weighted by atomic mass is 19.1.